The molecule has 0 bridgehead atoms. The fraction of sp³-hybridized carbons (Fsp3) is 0.240. The van der Waals surface area contributed by atoms with E-state index in [-0.39, 0.29) is 11.4 Å². The van der Waals surface area contributed by atoms with Crippen LogP contribution in [0.4, 0.5) is 4.79 Å². The molecule has 2 N–H and O–H groups in total. The zero-order valence-corrected chi connectivity index (χ0v) is 21.2. The maximum Gasteiger partial charge on any atom is 0.328 e. The summed E-state index contributed by atoms with van der Waals surface area (Å²) in [6.45, 7) is 6.07. The topological polar surface area (TPSA) is 106 Å². The highest BCUT2D eigenvalue weighted by molar-refractivity contribution is 7.90. The number of aromatic nitrogens is 3. The number of amides is 2. The molecule has 4 aromatic rings. The maximum absolute atomic E-state index is 12.3. The Morgan fingerprint density at radius 2 is 1.71 bits per heavy atom. The number of hydrogen-bond donors (Lipinski definition) is 2. The van der Waals surface area contributed by atoms with Crippen LogP contribution in [0.3, 0.4) is 0 Å². The monoisotopic (exact) mass is 511 g/mol. The summed E-state index contributed by atoms with van der Waals surface area (Å²) in [4.78, 5) is 21.1. The minimum absolute atomic E-state index is 0.0413. The van der Waals surface area contributed by atoms with E-state index >= 15 is 0 Å². The molecular weight excluding hydrogens is 486 g/mol. The number of nitrogens with one attached hydrogen (secondary N) is 2. The van der Waals surface area contributed by atoms with Gasteiger partial charge in [-0.05, 0) is 56.2 Å². The normalized spacial score (nSPS) is 11.5. The van der Waals surface area contributed by atoms with Crippen molar-refractivity contribution in [3.8, 4) is 5.69 Å². The van der Waals surface area contributed by atoms with Crippen molar-refractivity contribution in [2.75, 3.05) is 6.54 Å². The van der Waals surface area contributed by atoms with Crippen molar-refractivity contribution in [2.45, 2.75) is 38.5 Å². The standard InChI is InChI=1S/C25H26ClN5O3S/c1-4-22-29-23-21(15-17(3)28-24(23)26)31(22)19-9-7-18(8-10-19)13-14-27-25(32)30-35(33,34)20-11-5-16(2)6-12-20/h5-12,15H,4,13-14H2,1-3H3,(H2,27,30,32). The molecule has 0 saturated carbocycles. The molecule has 8 nitrogen and oxygen atoms in total. The van der Waals surface area contributed by atoms with Crippen molar-refractivity contribution >= 4 is 38.7 Å². The molecule has 10 heteroatoms. The van der Waals surface area contributed by atoms with E-state index in [1.165, 1.54) is 12.1 Å². The van der Waals surface area contributed by atoms with Gasteiger partial charge in [0.05, 0.1) is 10.4 Å². The summed E-state index contributed by atoms with van der Waals surface area (Å²) in [6, 6.07) is 15.4. The first-order chi connectivity index (χ1) is 16.7. The summed E-state index contributed by atoms with van der Waals surface area (Å²) in [7, 11) is -3.92. The molecule has 182 valence electrons. The van der Waals surface area contributed by atoms with Gasteiger partial charge in [-0.3, -0.25) is 4.57 Å². The van der Waals surface area contributed by atoms with Crippen LogP contribution in [0.5, 0.6) is 0 Å². The van der Waals surface area contributed by atoms with Gasteiger partial charge >= 0.3 is 6.03 Å². The lowest BCUT2D eigenvalue weighted by Crippen LogP contribution is -2.40. The lowest BCUT2D eigenvalue weighted by molar-refractivity contribution is 0.246. The number of benzene rings is 2. The maximum atomic E-state index is 12.3. The highest BCUT2D eigenvalue weighted by Gasteiger charge is 2.17. The van der Waals surface area contributed by atoms with Gasteiger partial charge in [-0.1, -0.05) is 48.4 Å². The Balaban J connectivity index is 1.41. The molecule has 2 heterocycles. The summed E-state index contributed by atoms with van der Waals surface area (Å²) in [5.74, 6) is 0.884. The fourth-order valence-electron chi connectivity index (χ4n) is 3.80. The van der Waals surface area contributed by atoms with Gasteiger partial charge in [-0.2, -0.15) is 0 Å². The first-order valence-corrected chi connectivity index (χ1v) is 13.0. The minimum Gasteiger partial charge on any atom is -0.337 e. The van der Waals surface area contributed by atoms with Gasteiger partial charge < -0.3 is 5.32 Å². The second-order valence-corrected chi connectivity index (χ2v) is 10.3. The molecule has 0 saturated heterocycles. The van der Waals surface area contributed by atoms with Crippen molar-refractivity contribution in [3.05, 3.63) is 82.4 Å². The largest absolute Gasteiger partial charge is 0.337 e. The SMILES string of the molecule is CCc1nc2c(Cl)nc(C)cc2n1-c1ccc(CCNC(=O)NS(=O)(=O)c2ccc(C)cc2)cc1. The van der Waals surface area contributed by atoms with Gasteiger partial charge in [-0.25, -0.2) is 27.9 Å². The van der Waals surface area contributed by atoms with Crippen LogP contribution in [-0.2, 0) is 22.9 Å². The van der Waals surface area contributed by atoms with E-state index in [1.54, 1.807) is 12.1 Å². The lowest BCUT2D eigenvalue weighted by atomic mass is 10.1. The molecule has 0 atom stereocenters. The van der Waals surface area contributed by atoms with Crippen LogP contribution in [0.2, 0.25) is 5.15 Å². The molecule has 4 rings (SSSR count). The molecule has 0 unspecified atom stereocenters. The van der Waals surface area contributed by atoms with Crippen molar-refractivity contribution in [1.29, 1.82) is 0 Å². The van der Waals surface area contributed by atoms with E-state index in [0.29, 0.717) is 17.1 Å². The smallest absolute Gasteiger partial charge is 0.328 e. The molecule has 2 amide bonds. The molecule has 0 radical (unpaired) electrons. The zero-order valence-electron chi connectivity index (χ0n) is 19.7. The Hall–Kier alpha value is -3.43. The number of carbonyl (C=O) groups excluding carboxylic acids is 1. The van der Waals surface area contributed by atoms with Crippen molar-refractivity contribution in [2.24, 2.45) is 0 Å². The third-order valence-corrected chi connectivity index (χ3v) is 7.18. The average Bonchev–Trinajstić information content (AvgIpc) is 3.18. The summed E-state index contributed by atoms with van der Waals surface area (Å²) in [5, 5.41) is 2.99. The molecule has 0 aliphatic heterocycles. The van der Waals surface area contributed by atoms with E-state index in [2.05, 4.69) is 19.9 Å². The third kappa shape index (κ3) is 5.47. The number of nitrogens with zero attached hydrogens (tertiary/aromatic N) is 3. The predicted octanol–water partition coefficient (Wildman–Crippen LogP) is 4.48. The molecule has 2 aromatic carbocycles. The van der Waals surface area contributed by atoms with Crippen molar-refractivity contribution in [1.82, 2.24) is 24.6 Å². The second-order valence-electron chi connectivity index (χ2n) is 8.23. The summed E-state index contributed by atoms with van der Waals surface area (Å²) >= 11 is 6.32. The number of imidazole rings is 1. The summed E-state index contributed by atoms with van der Waals surface area (Å²) in [6.07, 6.45) is 1.27. The fourth-order valence-corrected chi connectivity index (χ4v) is 5.00. The van der Waals surface area contributed by atoms with Gasteiger partial charge in [0.15, 0.2) is 5.15 Å². The molecule has 0 spiro atoms. The Bertz CT molecular complexity index is 1480. The molecule has 0 aliphatic carbocycles. The van der Waals surface area contributed by atoms with E-state index in [1.807, 2.05) is 55.8 Å². The van der Waals surface area contributed by atoms with Gasteiger partial charge in [-0.15, -0.1) is 0 Å². The second kappa shape index (κ2) is 10.1. The molecule has 0 fully saturated rings. The minimum atomic E-state index is -3.92. The first-order valence-electron chi connectivity index (χ1n) is 11.2. The predicted molar refractivity (Wildman–Crippen MR) is 137 cm³/mol. The van der Waals surface area contributed by atoms with Gasteiger partial charge in [0.1, 0.15) is 11.3 Å². The highest BCUT2D eigenvalue weighted by atomic mass is 35.5. The first kappa shape index (κ1) is 24.7. The molecule has 35 heavy (non-hydrogen) atoms. The highest BCUT2D eigenvalue weighted by Crippen LogP contribution is 2.27. The van der Waals surface area contributed by atoms with E-state index in [4.69, 9.17) is 11.6 Å². The Labute approximate surface area is 209 Å². The Kier molecular flexibility index (Phi) is 7.09. The number of halogens is 1. The number of fused-ring (bicyclic) bond motifs is 1. The van der Waals surface area contributed by atoms with Gasteiger partial charge in [0, 0.05) is 24.3 Å². The quantitative estimate of drug-likeness (QED) is 0.356. The number of pyridine rings is 1. The van der Waals surface area contributed by atoms with Crippen LogP contribution in [-0.4, -0.2) is 35.5 Å². The Morgan fingerprint density at radius 3 is 2.37 bits per heavy atom. The number of carbonyl (C=O) groups is 1. The number of rotatable bonds is 7. The van der Waals surface area contributed by atoms with Crippen molar-refractivity contribution in [3.63, 3.8) is 0 Å². The average molecular weight is 512 g/mol. The number of aryl methyl sites for hydroxylation is 3. The number of sulfonamides is 1. The summed E-state index contributed by atoms with van der Waals surface area (Å²) < 4.78 is 28.8. The van der Waals surface area contributed by atoms with Gasteiger partial charge in [0.2, 0.25) is 0 Å². The van der Waals surface area contributed by atoms with Crippen LogP contribution >= 0.6 is 11.6 Å². The van der Waals surface area contributed by atoms with Crippen LogP contribution in [0, 0.1) is 13.8 Å². The lowest BCUT2D eigenvalue weighted by Gasteiger charge is -2.11. The van der Waals surface area contributed by atoms with E-state index < -0.39 is 16.1 Å². The van der Waals surface area contributed by atoms with Gasteiger partial charge in [0.25, 0.3) is 10.0 Å². The molecular formula is C25H26ClN5O3S. The van der Waals surface area contributed by atoms with E-state index in [9.17, 15) is 13.2 Å². The number of urea groups is 1. The van der Waals surface area contributed by atoms with Crippen LogP contribution in [0.25, 0.3) is 16.7 Å². The van der Waals surface area contributed by atoms with Crippen LogP contribution in [0.1, 0.15) is 29.6 Å². The molecule has 0 aliphatic rings. The van der Waals surface area contributed by atoms with E-state index in [0.717, 1.165) is 40.3 Å². The van der Waals surface area contributed by atoms with Crippen LogP contribution in [0.15, 0.2) is 59.5 Å². The molecule has 2 aromatic heterocycles. The third-order valence-electron chi connectivity index (χ3n) is 5.57. The summed E-state index contributed by atoms with van der Waals surface area (Å²) in [5.41, 5.74) is 5.27. The van der Waals surface area contributed by atoms with Crippen molar-refractivity contribution < 1.29 is 13.2 Å². The number of hydrogen-bond acceptors (Lipinski definition) is 5. The van der Waals surface area contributed by atoms with Crippen LogP contribution < -0.4 is 10.0 Å². The Morgan fingerprint density at radius 1 is 1.03 bits per heavy atom. The zero-order chi connectivity index (χ0) is 25.2.